The van der Waals surface area contributed by atoms with Crippen LogP contribution < -0.4 is 19.5 Å². The van der Waals surface area contributed by atoms with Crippen LogP contribution >= 0.6 is 0 Å². The zero-order valence-corrected chi connectivity index (χ0v) is 18.1. The molecule has 0 radical (unpaired) electrons. The second kappa shape index (κ2) is 8.55. The number of hydrogen-bond acceptors (Lipinski definition) is 4. The molecule has 4 aromatic rings. The van der Waals surface area contributed by atoms with Gasteiger partial charge in [0.2, 0.25) is 0 Å². The Balaban J connectivity index is 1.49. The van der Waals surface area contributed by atoms with Crippen molar-refractivity contribution < 1.29 is 18.6 Å². The summed E-state index contributed by atoms with van der Waals surface area (Å²) in [5.74, 6) is 1.41. The van der Waals surface area contributed by atoms with Gasteiger partial charge in [-0.25, -0.2) is 4.39 Å². The molecule has 1 atom stereocenters. The summed E-state index contributed by atoms with van der Waals surface area (Å²) in [6.07, 6.45) is 0.943. The Hall–Kier alpha value is -3.51. The SMILES string of the molecule is COc1ccc2[nH]c3c(c2c1)CCN[C@H]3c1ccc(OC)c(COc2ccccc2F)c1. The van der Waals surface area contributed by atoms with Crippen molar-refractivity contribution >= 4 is 10.9 Å². The topological polar surface area (TPSA) is 55.5 Å². The number of ether oxygens (including phenoxy) is 3. The zero-order valence-electron chi connectivity index (χ0n) is 18.1. The van der Waals surface area contributed by atoms with Crippen LogP contribution in [-0.4, -0.2) is 25.7 Å². The number of hydrogen-bond donors (Lipinski definition) is 2. The van der Waals surface area contributed by atoms with Crippen LogP contribution in [0.4, 0.5) is 4.39 Å². The zero-order chi connectivity index (χ0) is 22.1. The fraction of sp³-hybridized carbons (Fsp3) is 0.231. The molecule has 1 aromatic heterocycles. The second-order valence-corrected chi connectivity index (χ2v) is 7.86. The number of aromatic amines is 1. The Morgan fingerprint density at radius 1 is 0.969 bits per heavy atom. The first-order valence-electron chi connectivity index (χ1n) is 10.6. The largest absolute Gasteiger partial charge is 0.497 e. The van der Waals surface area contributed by atoms with Gasteiger partial charge in [0.25, 0.3) is 0 Å². The highest BCUT2D eigenvalue weighted by Crippen LogP contribution is 2.36. The van der Waals surface area contributed by atoms with Gasteiger partial charge in [0.05, 0.1) is 20.3 Å². The molecular formula is C26H25FN2O3. The molecule has 0 saturated heterocycles. The molecule has 0 spiro atoms. The number of para-hydroxylation sites is 1. The van der Waals surface area contributed by atoms with E-state index in [1.807, 2.05) is 12.1 Å². The third kappa shape index (κ3) is 3.67. The van der Waals surface area contributed by atoms with Gasteiger partial charge in [0.15, 0.2) is 11.6 Å². The lowest BCUT2D eigenvalue weighted by Gasteiger charge is -2.25. The lowest BCUT2D eigenvalue weighted by atomic mass is 9.93. The minimum atomic E-state index is -0.380. The van der Waals surface area contributed by atoms with Crippen molar-refractivity contribution in [1.29, 1.82) is 0 Å². The van der Waals surface area contributed by atoms with Crippen LogP contribution in [0.15, 0.2) is 60.7 Å². The standard InChI is InChI=1S/C26H25FN2O3/c1-30-18-8-9-22-20(14-18)19-11-12-28-25(26(19)29-22)16-7-10-23(31-2)17(13-16)15-32-24-6-4-3-5-21(24)27/h3-10,13-14,25,28-29H,11-12,15H2,1-2H3/t25-/m0/s1. The average Bonchev–Trinajstić information content (AvgIpc) is 3.21. The maximum atomic E-state index is 14.0. The van der Waals surface area contributed by atoms with Gasteiger partial charge in [-0.3, -0.25) is 0 Å². The number of rotatable bonds is 6. The summed E-state index contributed by atoms with van der Waals surface area (Å²) < 4.78 is 30.7. The van der Waals surface area contributed by atoms with Gasteiger partial charge in [-0.2, -0.15) is 0 Å². The number of nitrogens with one attached hydrogen (secondary N) is 2. The summed E-state index contributed by atoms with van der Waals surface area (Å²) in [7, 11) is 3.32. The first-order chi connectivity index (χ1) is 15.7. The van der Waals surface area contributed by atoms with E-state index in [9.17, 15) is 4.39 Å². The maximum Gasteiger partial charge on any atom is 0.165 e. The molecule has 6 heteroatoms. The first kappa shape index (κ1) is 20.4. The highest BCUT2D eigenvalue weighted by atomic mass is 19.1. The monoisotopic (exact) mass is 432 g/mol. The molecule has 0 fully saturated rings. The lowest BCUT2D eigenvalue weighted by Crippen LogP contribution is -2.30. The molecule has 2 heterocycles. The molecule has 32 heavy (non-hydrogen) atoms. The fourth-order valence-electron chi connectivity index (χ4n) is 4.43. The first-order valence-corrected chi connectivity index (χ1v) is 10.6. The van der Waals surface area contributed by atoms with Crippen LogP contribution in [0.1, 0.15) is 28.4 Å². The average molecular weight is 432 g/mol. The summed E-state index contributed by atoms with van der Waals surface area (Å²) in [4.78, 5) is 3.60. The van der Waals surface area contributed by atoms with Gasteiger partial charge in [-0.15, -0.1) is 0 Å². The van der Waals surface area contributed by atoms with Crippen molar-refractivity contribution in [2.75, 3.05) is 20.8 Å². The molecule has 1 aliphatic heterocycles. The van der Waals surface area contributed by atoms with E-state index in [0.717, 1.165) is 41.1 Å². The lowest BCUT2D eigenvalue weighted by molar-refractivity contribution is 0.282. The van der Waals surface area contributed by atoms with Gasteiger partial charge in [-0.05, 0) is 60.0 Å². The Labute approximate surface area is 186 Å². The van der Waals surface area contributed by atoms with Gasteiger partial charge in [0.1, 0.15) is 18.1 Å². The van der Waals surface area contributed by atoms with Gasteiger partial charge in [0, 0.05) is 28.7 Å². The Morgan fingerprint density at radius 2 is 1.84 bits per heavy atom. The summed E-state index contributed by atoms with van der Waals surface area (Å²) in [5.41, 5.74) is 5.52. The van der Waals surface area contributed by atoms with Gasteiger partial charge < -0.3 is 24.5 Å². The Kier molecular flexibility index (Phi) is 5.45. The van der Waals surface area contributed by atoms with Crippen molar-refractivity contribution in [1.82, 2.24) is 10.3 Å². The normalized spacial score (nSPS) is 15.4. The van der Waals surface area contributed by atoms with Crippen molar-refractivity contribution in [3.63, 3.8) is 0 Å². The van der Waals surface area contributed by atoms with E-state index in [-0.39, 0.29) is 24.2 Å². The number of benzene rings is 3. The number of methoxy groups -OCH3 is 2. The Bertz CT molecular complexity index is 1270. The molecule has 0 bridgehead atoms. The van der Waals surface area contributed by atoms with E-state index in [4.69, 9.17) is 14.2 Å². The predicted octanol–water partition coefficient (Wildman–Crippen LogP) is 5.14. The van der Waals surface area contributed by atoms with Crippen LogP contribution in [0.5, 0.6) is 17.2 Å². The molecule has 0 aliphatic carbocycles. The molecule has 0 amide bonds. The van der Waals surface area contributed by atoms with Gasteiger partial charge >= 0.3 is 0 Å². The summed E-state index contributed by atoms with van der Waals surface area (Å²) in [5, 5.41) is 4.82. The molecule has 5 nitrogen and oxygen atoms in total. The Morgan fingerprint density at radius 3 is 2.66 bits per heavy atom. The van der Waals surface area contributed by atoms with E-state index in [2.05, 4.69) is 34.6 Å². The van der Waals surface area contributed by atoms with E-state index in [1.165, 1.54) is 17.0 Å². The second-order valence-electron chi connectivity index (χ2n) is 7.86. The predicted molar refractivity (Wildman–Crippen MR) is 122 cm³/mol. The van der Waals surface area contributed by atoms with E-state index in [1.54, 1.807) is 32.4 Å². The number of H-pyrrole nitrogens is 1. The van der Waals surface area contributed by atoms with Crippen LogP contribution in [-0.2, 0) is 13.0 Å². The molecule has 5 rings (SSSR count). The maximum absolute atomic E-state index is 14.0. The van der Waals surface area contributed by atoms with Crippen LogP contribution in [0.3, 0.4) is 0 Å². The van der Waals surface area contributed by atoms with Crippen molar-refractivity contribution in [2.45, 2.75) is 19.1 Å². The molecule has 0 saturated carbocycles. The molecule has 0 unspecified atom stereocenters. The van der Waals surface area contributed by atoms with Crippen LogP contribution in [0.2, 0.25) is 0 Å². The summed E-state index contributed by atoms with van der Waals surface area (Å²) >= 11 is 0. The quantitative estimate of drug-likeness (QED) is 0.443. The van der Waals surface area contributed by atoms with Crippen molar-refractivity contribution in [2.24, 2.45) is 0 Å². The number of halogens is 1. The summed E-state index contributed by atoms with van der Waals surface area (Å²) in [6.45, 7) is 1.08. The van der Waals surface area contributed by atoms with E-state index in [0.29, 0.717) is 5.75 Å². The highest BCUT2D eigenvalue weighted by molar-refractivity contribution is 5.86. The van der Waals surface area contributed by atoms with Crippen LogP contribution in [0, 0.1) is 5.82 Å². The van der Waals surface area contributed by atoms with Crippen molar-refractivity contribution in [3.05, 3.63) is 88.9 Å². The van der Waals surface area contributed by atoms with E-state index < -0.39 is 0 Å². The highest BCUT2D eigenvalue weighted by Gasteiger charge is 2.26. The molecular weight excluding hydrogens is 407 g/mol. The number of fused-ring (bicyclic) bond motifs is 3. The number of aromatic nitrogens is 1. The molecule has 164 valence electrons. The van der Waals surface area contributed by atoms with Gasteiger partial charge in [-0.1, -0.05) is 18.2 Å². The van der Waals surface area contributed by atoms with E-state index >= 15 is 0 Å². The molecule has 1 aliphatic rings. The summed E-state index contributed by atoms with van der Waals surface area (Å²) in [6, 6.07) is 18.6. The minimum absolute atomic E-state index is 0.00950. The van der Waals surface area contributed by atoms with Crippen molar-refractivity contribution in [3.8, 4) is 17.2 Å². The smallest absolute Gasteiger partial charge is 0.165 e. The fourth-order valence-corrected chi connectivity index (χ4v) is 4.43. The van der Waals surface area contributed by atoms with Crippen LogP contribution in [0.25, 0.3) is 10.9 Å². The third-order valence-electron chi connectivity index (χ3n) is 6.02. The minimum Gasteiger partial charge on any atom is -0.497 e. The molecule has 2 N–H and O–H groups in total. The third-order valence-corrected chi connectivity index (χ3v) is 6.02. The molecule has 3 aromatic carbocycles.